The molecule has 0 bridgehead atoms. The molecule has 2 amide bonds. The summed E-state index contributed by atoms with van der Waals surface area (Å²) in [6, 6.07) is 5.56. The van der Waals surface area contributed by atoms with Crippen LogP contribution >= 0.6 is 22.7 Å². The molecule has 1 fully saturated rings. The maximum absolute atomic E-state index is 12.1. The van der Waals surface area contributed by atoms with E-state index in [0.717, 1.165) is 26.7 Å². The summed E-state index contributed by atoms with van der Waals surface area (Å²) in [5, 5.41) is 21.4. The maximum atomic E-state index is 12.1. The molecule has 0 spiro atoms. The van der Waals surface area contributed by atoms with Gasteiger partial charge < -0.3 is 39.1 Å². The van der Waals surface area contributed by atoms with Crippen molar-refractivity contribution >= 4 is 73.5 Å². The molecular weight excluding hydrogens is 717 g/mol. The molecule has 3 N–H and O–H groups in total. The minimum Gasteiger partial charge on any atom is -0.490 e. The molecule has 3 heterocycles. The molecule has 1 aliphatic rings. The van der Waals surface area contributed by atoms with Gasteiger partial charge in [-0.15, -0.1) is 11.3 Å². The van der Waals surface area contributed by atoms with E-state index in [4.69, 9.17) is 19.0 Å². The summed E-state index contributed by atoms with van der Waals surface area (Å²) in [4.78, 5) is 60.8. The summed E-state index contributed by atoms with van der Waals surface area (Å²) in [6.07, 6.45) is -1.03. The van der Waals surface area contributed by atoms with E-state index in [1.54, 1.807) is 31.7 Å². The van der Waals surface area contributed by atoms with Crippen molar-refractivity contribution < 1.29 is 48.1 Å². The highest BCUT2D eigenvalue weighted by Gasteiger charge is 2.34. The van der Waals surface area contributed by atoms with Gasteiger partial charge in [-0.05, 0) is 80.5 Å². The second-order valence-corrected chi connectivity index (χ2v) is 15.7. The standard InChI is InChI=1S/C27H34N6O8S2.C5H10O2.C2H6/c1-26(2,3)40-24(36)31-22-30-18(14-42-22)20(21(34)35)32-39-10-9-38-16-7-8-17-19(11-16)43-23(29-17)28-15-12-33(13-15)25(37)41-27(4,5)6;1-5(2,3)7-4-6;1-2/h7-8,11,14-15H,9-10,12-13H2,1-6H3,(H,28,29)(H,34,35)(H,30,31,36);4H,1-3H3;1-2H3/b32-20-;;. The van der Waals surface area contributed by atoms with E-state index in [1.807, 2.05) is 67.5 Å². The predicted molar refractivity (Wildman–Crippen MR) is 201 cm³/mol. The number of amides is 2. The number of ether oxygens (including phenoxy) is 4. The minimum atomic E-state index is -1.34. The van der Waals surface area contributed by atoms with Gasteiger partial charge in [0.1, 0.15) is 34.9 Å². The van der Waals surface area contributed by atoms with Crippen LogP contribution in [-0.4, -0.2) is 99.5 Å². The van der Waals surface area contributed by atoms with Crippen LogP contribution in [0.1, 0.15) is 81.9 Å². The zero-order valence-electron chi connectivity index (χ0n) is 31.5. The van der Waals surface area contributed by atoms with E-state index in [9.17, 15) is 24.3 Å². The van der Waals surface area contributed by atoms with E-state index >= 15 is 0 Å². The summed E-state index contributed by atoms with van der Waals surface area (Å²) in [5.74, 6) is -0.750. The fourth-order valence-electron chi connectivity index (χ4n) is 3.75. The molecule has 1 saturated heterocycles. The Morgan fingerprint density at radius 1 is 0.962 bits per heavy atom. The Morgan fingerprint density at radius 2 is 1.62 bits per heavy atom. The third-order valence-electron chi connectivity index (χ3n) is 5.78. The Labute approximate surface area is 311 Å². The van der Waals surface area contributed by atoms with Crippen LogP contribution in [0.2, 0.25) is 0 Å². The molecule has 0 atom stereocenters. The lowest BCUT2D eigenvalue weighted by Crippen LogP contribution is -2.57. The van der Waals surface area contributed by atoms with Gasteiger partial charge in [-0.25, -0.2) is 24.4 Å². The molecule has 0 saturated carbocycles. The van der Waals surface area contributed by atoms with Crippen LogP contribution in [0.3, 0.4) is 0 Å². The first kappa shape index (κ1) is 43.5. The largest absolute Gasteiger partial charge is 0.490 e. The number of carboxylic acids is 1. The number of carbonyl (C=O) groups excluding carboxylic acids is 3. The Kier molecular flexibility index (Phi) is 16.1. The molecule has 4 rings (SSSR count). The van der Waals surface area contributed by atoms with E-state index in [1.165, 1.54) is 16.7 Å². The van der Waals surface area contributed by atoms with Crippen LogP contribution in [0.4, 0.5) is 19.9 Å². The molecule has 1 aliphatic heterocycles. The van der Waals surface area contributed by atoms with Crippen molar-refractivity contribution in [3.63, 3.8) is 0 Å². The first-order valence-corrected chi connectivity index (χ1v) is 18.2. The van der Waals surface area contributed by atoms with Crippen molar-refractivity contribution in [2.45, 2.75) is 99.0 Å². The fraction of sp³-hybridized carbons (Fsp3) is 0.559. The van der Waals surface area contributed by atoms with Crippen molar-refractivity contribution in [3.8, 4) is 5.75 Å². The highest BCUT2D eigenvalue weighted by molar-refractivity contribution is 7.22. The number of nitrogens with zero attached hydrogens (tertiary/aromatic N) is 4. The van der Waals surface area contributed by atoms with Crippen molar-refractivity contribution in [1.82, 2.24) is 14.9 Å². The Hall–Kier alpha value is -4.71. The first-order chi connectivity index (χ1) is 24.2. The van der Waals surface area contributed by atoms with Gasteiger partial charge in [0.2, 0.25) is 5.71 Å². The van der Waals surface area contributed by atoms with E-state index < -0.39 is 29.0 Å². The predicted octanol–water partition coefficient (Wildman–Crippen LogP) is 7.00. The van der Waals surface area contributed by atoms with Crippen molar-refractivity contribution in [1.29, 1.82) is 0 Å². The number of benzene rings is 1. The Morgan fingerprint density at radius 3 is 2.17 bits per heavy atom. The third kappa shape index (κ3) is 15.7. The number of nitrogens with one attached hydrogen (secondary N) is 2. The highest BCUT2D eigenvalue weighted by Crippen LogP contribution is 2.30. The van der Waals surface area contributed by atoms with Crippen molar-refractivity contribution in [2.75, 3.05) is 36.9 Å². The van der Waals surface area contributed by atoms with Crippen molar-refractivity contribution in [3.05, 3.63) is 29.3 Å². The number of carboxylic acid groups (broad SMARTS) is 1. The van der Waals surface area contributed by atoms with Gasteiger partial charge in [-0.3, -0.25) is 10.1 Å². The summed E-state index contributed by atoms with van der Waals surface area (Å²) in [6.45, 7) is 21.8. The molecule has 1 aromatic carbocycles. The second kappa shape index (κ2) is 19.2. The molecule has 0 radical (unpaired) electrons. The van der Waals surface area contributed by atoms with Gasteiger partial charge >= 0.3 is 18.2 Å². The highest BCUT2D eigenvalue weighted by atomic mass is 32.1. The number of hydrogen-bond donors (Lipinski definition) is 3. The molecule has 18 heteroatoms. The average molecular weight is 767 g/mol. The van der Waals surface area contributed by atoms with Gasteiger partial charge in [-0.2, -0.15) is 0 Å². The van der Waals surface area contributed by atoms with Crippen molar-refractivity contribution in [2.24, 2.45) is 5.16 Å². The topological polar surface area (TPSA) is 200 Å². The summed E-state index contributed by atoms with van der Waals surface area (Å²) < 4.78 is 21.8. The molecule has 288 valence electrons. The molecule has 0 aliphatic carbocycles. The molecule has 52 heavy (non-hydrogen) atoms. The van der Waals surface area contributed by atoms with Crippen LogP contribution in [0.15, 0.2) is 28.7 Å². The SMILES string of the molecule is CC.CC(C)(C)OC(=O)Nc1nc(/C(=N/OCCOc2ccc3nc(NC4CN(C(=O)OC(C)(C)C)C4)sc3c2)C(=O)O)cs1.CC(C)(C)OC=O. The number of aliphatic carboxylic acids is 1. The summed E-state index contributed by atoms with van der Waals surface area (Å²) >= 11 is 2.50. The average Bonchev–Trinajstić information content (AvgIpc) is 3.61. The van der Waals surface area contributed by atoms with E-state index in [2.05, 4.69) is 30.5 Å². The fourth-order valence-corrected chi connectivity index (χ4v) is 5.41. The van der Waals surface area contributed by atoms with Gasteiger partial charge in [0.15, 0.2) is 16.9 Å². The number of fused-ring (bicyclic) bond motifs is 1. The number of hydrogen-bond acceptors (Lipinski definition) is 15. The smallest absolute Gasteiger partial charge is 0.413 e. The zero-order chi connectivity index (χ0) is 39.3. The number of rotatable bonds is 11. The lowest BCUT2D eigenvalue weighted by molar-refractivity contribution is -0.138. The summed E-state index contributed by atoms with van der Waals surface area (Å²) in [5.41, 5.74) is -1.12. The Bertz CT molecular complexity index is 1660. The van der Waals surface area contributed by atoms with E-state index in [0.29, 0.717) is 25.3 Å². The van der Waals surface area contributed by atoms with E-state index in [-0.39, 0.29) is 41.8 Å². The van der Waals surface area contributed by atoms with Crippen LogP contribution < -0.4 is 15.4 Å². The normalized spacial score (nSPS) is 13.3. The first-order valence-electron chi connectivity index (χ1n) is 16.5. The number of thiazole rings is 2. The van der Waals surface area contributed by atoms with Crippen LogP contribution in [0.25, 0.3) is 10.2 Å². The Balaban J connectivity index is 0.000000930. The second-order valence-electron chi connectivity index (χ2n) is 13.8. The lowest BCUT2D eigenvalue weighted by Gasteiger charge is -2.39. The molecule has 0 unspecified atom stereocenters. The van der Waals surface area contributed by atoms with Crippen LogP contribution in [-0.2, 0) is 28.6 Å². The van der Waals surface area contributed by atoms with Gasteiger partial charge in [0.05, 0.1) is 16.3 Å². The number of oxime groups is 1. The molecule has 3 aromatic rings. The number of aromatic nitrogens is 2. The summed E-state index contributed by atoms with van der Waals surface area (Å²) in [7, 11) is 0. The van der Waals surface area contributed by atoms with Gasteiger partial charge in [0, 0.05) is 18.5 Å². The minimum absolute atomic E-state index is 0.0205. The van der Waals surface area contributed by atoms with Crippen LogP contribution in [0, 0.1) is 0 Å². The third-order valence-corrected chi connectivity index (χ3v) is 7.49. The zero-order valence-corrected chi connectivity index (χ0v) is 33.2. The number of anilines is 2. The maximum Gasteiger partial charge on any atom is 0.413 e. The lowest BCUT2D eigenvalue weighted by atomic mass is 10.1. The number of likely N-dealkylation sites (tertiary alicyclic amines) is 1. The van der Waals surface area contributed by atoms with Crippen LogP contribution in [0.5, 0.6) is 5.75 Å². The molecule has 16 nitrogen and oxygen atoms in total. The van der Waals surface area contributed by atoms with Gasteiger partial charge in [0.25, 0.3) is 6.47 Å². The number of carbonyl (C=O) groups is 4. The monoisotopic (exact) mass is 766 g/mol. The molecular formula is C34H50N6O10S2. The molecule has 2 aromatic heterocycles. The van der Waals surface area contributed by atoms with Gasteiger partial charge in [-0.1, -0.05) is 30.3 Å². The quantitative estimate of drug-likeness (QED) is 0.0593.